The van der Waals surface area contributed by atoms with E-state index in [-0.39, 0.29) is 0 Å². The van der Waals surface area contributed by atoms with Gasteiger partial charge in [0.05, 0.1) is 11.3 Å². The molecule has 0 fully saturated rings. The van der Waals surface area contributed by atoms with Gasteiger partial charge >= 0.3 is 0 Å². The molecule has 0 bridgehead atoms. The zero-order valence-electron chi connectivity index (χ0n) is 22.7. The number of aryl methyl sites for hydroxylation is 1. The lowest BCUT2D eigenvalue weighted by Crippen LogP contribution is -2.32. The Labute approximate surface area is 228 Å². The molecule has 0 saturated carbocycles. The van der Waals surface area contributed by atoms with Crippen molar-refractivity contribution in [3.8, 4) is 33.6 Å². The topological polar surface area (TPSA) is 16.8 Å². The third-order valence-electron chi connectivity index (χ3n) is 6.46. The normalized spacial score (nSPS) is 11.0. The third-order valence-corrected chi connectivity index (χ3v) is 6.46. The second-order valence-corrected chi connectivity index (χ2v) is 9.28. The first-order valence-corrected chi connectivity index (χ1v) is 13.5. The van der Waals surface area contributed by atoms with Crippen molar-refractivity contribution in [1.82, 2.24) is 4.98 Å². The first kappa shape index (κ1) is 26.8. The van der Waals surface area contributed by atoms with Crippen molar-refractivity contribution in [3.63, 3.8) is 0 Å². The van der Waals surface area contributed by atoms with Crippen LogP contribution in [0.1, 0.15) is 37.8 Å². The molecule has 38 heavy (non-hydrogen) atoms. The van der Waals surface area contributed by atoms with Crippen molar-refractivity contribution >= 4 is 0 Å². The lowest BCUT2D eigenvalue weighted by atomic mass is 10.0. The molecule has 190 valence electrons. The van der Waals surface area contributed by atoms with Crippen LogP contribution < -0.4 is 4.57 Å². The molecule has 1 aliphatic heterocycles. The zero-order valence-corrected chi connectivity index (χ0v) is 22.7. The number of hydrogen-bond acceptors (Lipinski definition) is 1. The third kappa shape index (κ3) is 6.92. The van der Waals surface area contributed by atoms with E-state index >= 15 is 0 Å². The minimum Gasteiger partial charge on any atom is -0.256 e. The fourth-order valence-corrected chi connectivity index (χ4v) is 4.54. The van der Waals surface area contributed by atoms with E-state index in [2.05, 4.69) is 121 Å². The van der Waals surface area contributed by atoms with Crippen LogP contribution in [0.3, 0.4) is 0 Å². The summed E-state index contributed by atoms with van der Waals surface area (Å²) in [5, 5.41) is 0. The molecule has 0 amide bonds. The van der Waals surface area contributed by atoms with Crippen molar-refractivity contribution in [1.29, 1.82) is 0 Å². The Kier molecular flexibility index (Phi) is 9.75. The predicted octanol–water partition coefficient (Wildman–Crippen LogP) is 9.09. The van der Waals surface area contributed by atoms with Gasteiger partial charge in [-0.2, -0.15) is 4.57 Å². The molecule has 0 saturated heterocycles. The van der Waals surface area contributed by atoms with Crippen LogP contribution in [0.15, 0.2) is 134 Å². The fraction of sp³-hybridized carbons (Fsp3) is 0.167. The van der Waals surface area contributed by atoms with Gasteiger partial charge in [0.25, 0.3) is 0 Å². The zero-order chi connectivity index (χ0) is 26.6. The van der Waals surface area contributed by atoms with Gasteiger partial charge in [-0.05, 0) is 49.1 Å². The largest absolute Gasteiger partial charge is 0.256 e. The van der Waals surface area contributed by atoms with Crippen LogP contribution in [0.2, 0.25) is 0 Å². The van der Waals surface area contributed by atoms with Crippen molar-refractivity contribution < 1.29 is 4.57 Å². The second kappa shape index (κ2) is 13.9. The summed E-state index contributed by atoms with van der Waals surface area (Å²) in [5.74, 6) is 0. The van der Waals surface area contributed by atoms with Gasteiger partial charge in [0.1, 0.15) is 0 Å². The summed E-state index contributed by atoms with van der Waals surface area (Å²) >= 11 is 0. The van der Waals surface area contributed by atoms with Crippen molar-refractivity contribution in [2.45, 2.75) is 40.2 Å². The first-order valence-electron chi connectivity index (χ1n) is 13.5. The number of rotatable bonds is 4. The quantitative estimate of drug-likeness (QED) is 0.175. The molecule has 3 aromatic carbocycles. The number of hydrogen-bond donors (Lipinski definition) is 0. The molecule has 0 unspecified atom stereocenters. The predicted molar refractivity (Wildman–Crippen MR) is 161 cm³/mol. The molecular weight excluding hydrogens is 460 g/mol. The molecule has 2 heteroatoms. The van der Waals surface area contributed by atoms with Gasteiger partial charge in [-0.3, -0.25) is 4.98 Å². The SMILES string of the molecule is CCC=CCC.Cc1cc2[n+](cc1-c1ccccc1)Cc1ccccc1-2.c1ccc(-c2ccccn2)cc1. The van der Waals surface area contributed by atoms with Crippen molar-refractivity contribution in [3.05, 3.63) is 145 Å². The standard InChI is InChI=1S/C19H16N.C11H9N.C6H12/c1-14-11-19-17-10-6-5-9-16(17)12-20(19)13-18(14)15-7-3-2-4-8-15;1-2-6-10(7-3-1)11-8-4-5-9-12-11;1-3-5-6-4-2/h2-11,13H,12H2,1H3;1-9H;5-6H,3-4H2,1-2H3/q+1;;. The molecule has 0 aliphatic carbocycles. The van der Waals surface area contributed by atoms with Gasteiger partial charge in [-0.1, -0.05) is 111 Å². The van der Waals surface area contributed by atoms with E-state index in [0.717, 1.165) is 17.8 Å². The van der Waals surface area contributed by atoms with Gasteiger partial charge in [-0.15, -0.1) is 0 Å². The van der Waals surface area contributed by atoms with E-state index in [1.807, 2.05) is 42.6 Å². The van der Waals surface area contributed by atoms with E-state index < -0.39 is 0 Å². The lowest BCUT2D eigenvalue weighted by molar-refractivity contribution is -0.671. The van der Waals surface area contributed by atoms with Crippen LogP contribution in [-0.4, -0.2) is 4.98 Å². The number of aromatic nitrogens is 2. The molecule has 2 aromatic heterocycles. The van der Waals surface area contributed by atoms with Crippen LogP contribution in [0.25, 0.3) is 33.6 Å². The van der Waals surface area contributed by atoms with Crippen LogP contribution in [0, 0.1) is 6.92 Å². The summed E-state index contributed by atoms with van der Waals surface area (Å²) in [5.41, 5.74) is 10.2. The summed E-state index contributed by atoms with van der Waals surface area (Å²) in [6.07, 6.45) is 10.8. The molecule has 3 heterocycles. The van der Waals surface area contributed by atoms with E-state index in [0.29, 0.717) is 0 Å². The average Bonchev–Trinajstić information content (AvgIpc) is 3.35. The Hall–Kier alpha value is -4.30. The van der Waals surface area contributed by atoms with Crippen LogP contribution in [0.5, 0.6) is 0 Å². The van der Waals surface area contributed by atoms with Gasteiger partial charge in [0.15, 0.2) is 12.7 Å². The molecular formula is C36H37N2+. The Morgan fingerprint density at radius 2 is 1.29 bits per heavy atom. The van der Waals surface area contributed by atoms with Gasteiger partial charge < -0.3 is 0 Å². The van der Waals surface area contributed by atoms with Gasteiger partial charge in [0.2, 0.25) is 5.69 Å². The monoisotopic (exact) mass is 497 g/mol. The summed E-state index contributed by atoms with van der Waals surface area (Å²) in [4.78, 5) is 4.25. The number of allylic oxidation sites excluding steroid dienone is 2. The highest BCUT2D eigenvalue weighted by Crippen LogP contribution is 2.30. The molecule has 1 aliphatic rings. The summed E-state index contributed by atoms with van der Waals surface area (Å²) in [6.45, 7) is 7.47. The van der Waals surface area contributed by atoms with E-state index in [1.54, 1.807) is 0 Å². The molecule has 0 spiro atoms. The van der Waals surface area contributed by atoms with Crippen LogP contribution in [-0.2, 0) is 6.54 Å². The molecule has 0 atom stereocenters. The highest BCUT2D eigenvalue weighted by Gasteiger charge is 2.26. The molecule has 5 aromatic rings. The Balaban J connectivity index is 0.000000159. The summed E-state index contributed by atoms with van der Waals surface area (Å²) in [6, 6.07) is 37.7. The fourth-order valence-electron chi connectivity index (χ4n) is 4.54. The van der Waals surface area contributed by atoms with Crippen LogP contribution in [0.4, 0.5) is 0 Å². The van der Waals surface area contributed by atoms with Gasteiger partial charge in [0, 0.05) is 29.0 Å². The molecule has 6 rings (SSSR count). The number of benzene rings is 3. The van der Waals surface area contributed by atoms with Crippen molar-refractivity contribution in [2.24, 2.45) is 0 Å². The minimum absolute atomic E-state index is 0.978. The number of pyridine rings is 2. The Bertz CT molecular complexity index is 1400. The maximum absolute atomic E-state index is 4.25. The Morgan fingerprint density at radius 1 is 0.684 bits per heavy atom. The average molecular weight is 498 g/mol. The lowest BCUT2D eigenvalue weighted by Gasteiger charge is -2.05. The maximum Gasteiger partial charge on any atom is 0.213 e. The van der Waals surface area contributed by atoms with Crippen molar-refractivity contribution in [2.75, 3.05) is 0 Å². The molecule has 0 N–H and O–H groups in total. The maximum atomic E-state index is 4.25. The van der Waals surface area contributed by atoms with E-state index in [4.69, 9.17) is 0 Å². The van der Waals surface area contributed by atoms with E-state index in [9.17, 15) is 0 Å². The summed E-state index contributed by atoms with van der Waals surface area (Å²) in [7, 11) is 0. The smallest absolute Gasteiger partial charge is 0.213 e. The first-order chi connectivity index (χ1) is 18.7. The Morgan fingerprint density at radius 3 is 1.92 bits per heavy atom. The highest BCUT2D eigenvalue weighted by molar-refractivity contribution is 5.70. The molecule has 0 radical (unpaired) electrons. The highest BCUT2D eigenvalue weighted by atomic mass is 15.0. The molecule has 2 nitrogen and oxygen atoms in total. The second-order valence-electron chi connectivity index (χ2n) is 9.28. The van der Waals surface area contributed by atoms with Crippen LogP contribution >= 0.6 is 0 Å². The minimum atomic E-state index is 0.978. The van der Waals surface area contributed by atoms with E-state index in [1.165, 1.54) is 46.4 Å². The summed E-state index contributed by atoms with van der Waals surface area (Å²) < 4.78 is 2.36. The van der Waals surface area contributed by atoms with Gasteiger partial charge in [-0.25, -0.2) is 0 Å². The number of fused-ring (bicyclic) bond motifs is 3. The number of nitrogens with zero attached hydrogens (tertiary/aromatic N) is 2.